The number of nitrogens with zero attached hydrogens (tertiary/aromatic N) is 2. The maximum absolute atomic E-state index is 12.3. The molecule has 1 aromatic heterocycles. The van der Waals surface area contributed by atoms with E-state index in [2.05, 4.69) is 15.5 Å². The third kappa shape index (κ3) is 2.62. The van der Waals surface area contributed by atoms with Crippen LogP contribution in [0, 0.1) is 6.92 Å². The van der Waals surface area contributed by atoms with Crippen LogP contribution in [-0.2, 0) is 6.67 Å². The molecule has 0 aliphatic rings. The molecular weight excluding hydrogens is 257 g/mol. The van der Waals surface area contributed by atoms with Crippen molar-refractivity contribution in [1.29, 1.82) is 0 Å². The molecule has 0 unspecified atom stereocenters. The zero-order valence-electron chi connectivity index (χ0n) is 9.48. The molecule has 2 N–H and O–H groups in total. The van der Waals surface area contributed by atoms with Crippen LogP contribution in [0.4, 0.5) is 9.52 Å². The number of rotatable bonds is 3. The smallest absolute Gasteiger partial charge is 0.257 e. The van der Waals surface area contributed by atoms with Gasteiger partial charge in [0.25, 0.3) is 5.91 Å². The first-order valence-corrected chi connectivity index (χ1v) is 5.91. The lowest BCUT2D eigenvalue weighted by molar-refractivity contribution is 0.102. The van der Waals surface area contributed by atoms with Crippen molar-refractivity contribution in [1.82, 2.24) is 10.2 Å². The molecule has 2 aromatic rings. The number of carbonyl (C=O) groups excluding carboxylic acids is 1. The molecular formula is C11H10FN3O2S. The number of amides is 1. The van der Waals surface area contributed by atoms with Gasteiger partial charge < -0.3 is 5.11 Å². The molecule has 5 nitrogen and oxygen atoms in total. The van der Waals surface area contributed by atoms with E-state index in [-0.39, 0.29) is 15.9 Å². The maximum Gasteiger partial charge on any atom is 0.257 e. The Hall–Kier alpha value is -2.02. The molecule has 0 bridgehead atoms. The molecule has 18 heavy (non-hydrogen) atoms. The second kappa shape index (κ2) is 5.09. The Morgan fingerprint density at radius 3 is 2.89 bits per heavy atom. The lowest BCUT2D eigenvalue weighted by atomic mass is 10.1. The van der Waals surface area contributed by atoms with Crippen LogP contribution in [0.15, 0.2) is 18.2 Å². The number of anilines is 1. The number of halogens is 1. The summed E-state index contributed by atoms with van der Waals surface area (Å²) in [6.07, 6.45) is 0. The summed E-state index contributed by atoms with van der Waals surface area (Å²) in [5, 5.41) is 19.6. The number of aryl methyl sites for hydroxylation is 1. The monoisotopic (exact) mass is 267 g/mol. The van der Waals surface area contributed by atoms with Crippen LogP contribution < -0.4 is 5.32 Å². The van der Waals surface area contributed by atoms with Crippen molar-refractivity contribution in [2.45, 2.75) is 13.6 Å². The van der Waals surface area contributed by atoms with Crippen molar-refractivity contribution >= 4 is 22.4 Å². The van der Waals surface area contributed by atoms with E-state index in [1.807, 2.05) is 0 Å². The van der Waals surface area contributed by atoms with Crippen LogP contribution in [0.25, 0.3) is 0 Å². The standard InChI is InChI=1S/C11H10FN3O2S/c1-6-2-3-7(4-8(6)16)10(17)13-11-15-14-9(5-12)18-11/h2-4,16H,5H2,1H3,(H,13,15,17). The molecule has 0 aliphatic carbocycles. The number of aromatic nitrogens is 2. The third-order valence-corrected chi connectivity index (χ3v) is 3.08. The second-order valence-corrected chi connectivity index (χ2v) is 4.65. The van der Waals surface area contributed by atoms with Gasteiger partial charge in [0.15, 0.2) is 0 Å². The highest BCUT2D eigenvalue weighted by atomic mass is 32.1. The van der Waals surface area contributed by atoms with Gasteiger partial charge >= 0.3 is 0 Å². The summed E-state index contributed by atoms with van der Waals surface area (Å²) >= 11 is 0.972. The number of aromatic hydroxyl groups is 1. The summed E-state index contributed by atoms with van der Waals surface area (Å²) in [7, 11) is 0. The lowest BCUT2D eigenvalue weighted by Crippen LogP contribution is -2.11. The van der Waals surface area contributed by atoms with Crippen molar-refractivity contribution in [2.75, 3.05) is 5.32 Å². The van der Waals surface area contributed by atoms with Gasteiger partial charge in [0.1, 0.15) is 17.4 Å². The highest BCUT2D eigenvalue weighted by Crippen LogP contribution is 2.20. The van der Waals surface area contributed by atoms with Crippen molar-refractivity contribution in [3.63, 3.8) is 0 Å². The lowest BCUT2D eigenvalue weighted by Gasteiger charge is -2.03. The minimum Gasteiger partial charge on any atom is -0.508 e. The minimum atomic E-state index is -0.709. The Bertz CT molecular complexity index is 585. The Kier molecular flexibility index (Phi) is 3.52. The fourth-order valence-corrected chi connectivity index (χ4v) is 1.86. The predicted octanol–water partition coefficient (Wildman–Crippen LogP) is 2.27. The van der Waals surface area contributed by atoms with E-state index in [9.17, 15) is 14.3 Å². The van der Waals surface area contributed by atoms with E-state index in [0.717, 1.165) is 11.3 Å². The SMILES string of the molecule is Cc1ccc(C(=O)Nc2nnc(CF)s2)cc1O. The zero-order valence-corrected chi connectivity index (χ0v) is 10.3. The number of carbonyl (C=O) groups is 1. The van der Waals surface area contributed by atoms with E-state index in [0.29, 0.717) is 11.1 Å². The molecule has 0 saturated carbocycles. The maximum atomic E-state index is 12.3. The van der Waals surface area contributed by atoms with E-state index >= 15 is 0 Å². The fourth-order valence-electron chi connectivity index (χ4n) is 1.28. The van der Waals surface area contributed by atoms with Crippen LogP contribution in [0.2, 0.25) is 0 Å². The summed E-state index contributed by atoms with van der Waals surface area (Å²) in [5.41, 5.74) is 0.984. The van der Waals surface area contributed by atoms with Crippen LogP contribution in [0.5, 0.6) is 5.75 Å². The summed E-state index contributed by atoms with van der Waals surface area (Å²) in [5.74, 6) is -0.379. The average Bonchev–Trinajstić information content (AvgIpc) is 2.80. The predicted molar refractivity (Wildman–Crippen MR) is 65.5 cm³/mol. The number of phenols is 1. The highest BCUT2D eigenvalue weighted by Gasteiger charge is 2.11. The first kappa shape index (κ1) is 12.4. The molecule has 0 atom stereocenters. The van der Waals surface area contributed by atoms with E-state index in [1.54, 1.807) is 19.1 Å². The summed E-state index contributed by atoms with van der Waals surface area (Å²) < 4.78 is 12.3. The number of phenolic OH excluding ortho intramolecular Hbond substituents is 1. The van der Waals surface area contributed by atoms with Gasteiger partial charge in [-0.25, -0.2) is 4.39 Å². The summed E-state index contributed by atoms with van der Waals surface area (Å²) in [6, 6.07) is 4.58. The van der Waals surface area contributed by atoms with Gasteiger partial charge in [-0.2, -0.15) is 0 Å². The van der Waals surface area contributed by atoms with Crippen LogP contribution in [0.1, 0.15) is 20.9 Å². The Balaban J connectivity index is 2.14. The minimum absolute atomic E-state index is 0.0457. The largest absolute Gasteiger partial charge is 0.508 e. The average molecular weight is 267 g/mol. The highest BCUT2D eigenvalue weighted by molar-refractivity contribution is 7.15. The zero-order chi connectivity index (χ0) is 13.1. The molecule has 2 rings (SSSR count). The van der Waals surface area contributed by atoms with Gasteiger partial charge in [0.05, 0.1) is 0 Å². The molecule has 0 saturated heterocycles. The first-order chi connectivity index (χ1) is 8.60. The normalized spacial score (nSPS) is 10.3. The quantitative estimate of drug-likeness (QED) is 0.894. The Morgan fingerprint density at radius 1 is 1.50 bits per heavy atom. The number of hydrogen-bond acceptors (Lipinski definition) is 5. The number of nitrogens with one attached hydrogen (secondary N) is 1. The van der Waals surface area contributed by atoms with Crippen molar-refractivity contribution < 1.29 is 14.3 Å². The number of hydrogen-bond donors (Lipinski definition) is 2. The van der Waals surface area contributed by atoms with Crippen molar-refractivity contribution in [3.8, 4) is 5.75 Å². The molecule has 0 aliphatic heterocycles. The molecule has 7 heteroatoms. The van der Waals surface area contributed by atoms with Crippen LogP contribution in [-0.4, -0.2) is 21.2 Å². The molecule has 94 valence electrons. The Morgan fingerprint density at radius 2 is 2.28 bits per heavy atom. The summed E-state index contributed by atoms with van der Waals surface area (Å²) in [4.78, 5) is 11.8. The first-order valence-electron chi connectivity index (χ1n) is 5.09. The van der Waals surface area contributed by atoms with Crippen molar-refractivity contribution in [2.24, 2.45) is 0 Å². The van der Waals surface area contributed by atoms with Gasteiger partial charge in [-0.3, -0.25) is 10.1 Å². The van der Waals surface area contributed by atoms with Gasteiger partial charge in [0.2, 0.25) is 5.13 Å². The van der Waals surface area contributed by atoms with Crippen LogP contribution >= 0.6 is 11.3 Å². The Labute approximate surface area is 106 Å². The van der Waals surface area contributed by atoms with Crippen molar-refractivity contribution in [3.05, 3.63) is 34.3 Å². The summed E-state index contributed by atoms with van der Waals surface area (Å²) in [6.45, 7) is 1.02. The molecule has 0 fully saturated rings. The number of alkyl halides is 1. The fraction of sp³-hybridized carbons (Fsp3) is 0.182. The molecule has 0 spiro atoms. The van der Waals surface area contributed by atoms with E-state index in [4.69, 9.17) is 0 Å². The van der Waals surface area contributed by atoms with E-state index < -0.39 is 12.6 Å². The van der Waals surface area contributed by atoms with Gasteiger partial charge in [-0.1, -0.05) is 17.4 Å². The molecule has 0 radical (unpaired) electrons. The number of benzene rings is 1. The second-order valence-electron chi connectivity index (χ2n) is 3.59. The third-order valence-electron chi connectivity index (χ3n) is 2.27. The van der Waals surface area contributed by atoms with Gasteiger partial charge in [-0.15, -0.1) is 10.2 Å². The van der Waals surface area contributed by atoms with Crippen LogP contribution in [0.3, 0.4) is 0 Å². The molecule has 1 amide bonds. The topological polar surface area (TPSA) is 75.1 Å². The van der Waals surface area contributed by atoms with Gasteiger partial charge in [-0.05, 0) is 24.6 Å². The van der Waals surface area contributed by atoms with Gasteiger partial charge in [0, 0.05) is 5.56 Å². The molecule has 1 aromatic carbocycles. The van der Waals surface area contributed by atoms with E-state index in [1.165, 1.54) is 6.07 Å². The molecule has 1 heterocycles.